The number of aryl methyl sites for hydroxylation is 3. The van der Waals surface area contributed by atoms with Crippen molar-refractivity contribution in [2.45, 2.75) is 86.2 Å². The molecular weight excluding hydrogens is 986 g/mol. The van der Waals surface area contributed by atoms with E-state index < -0.39 is 38.7 Å². The fourth-order valence-corrected chi connectivity index (χ4v) is 8.87. The number of phenolic OH excluding ortho intramolecular Hbond substituents is 1. The van der Waals surface area contributed by atoms with Gasteiger partial charge in [0.1, 0.15) is 11.6 Å². The van der Waals surface area contributed by atoms with Gasteiger partial charge in [0.25, 0.3) is 0 Å². The maximum Gasteiger partial charge on any atom is 0.148 e. The molecule has 0 aliphatic carbocycles. The second kappa shape index (κ2) is 18.5. The first-order valence-corrected chi connectivity index (χ1v) is 21.7. The van der Waals surface area contributed by atoms with Crippen molar-refractivity contribution in [1.29, 1.82) is 0 Å². The molecule has 0 bridgehead atoms. The molecule has 9 rings (SSSR count). The zero-order chi connectivity index (χ0) is 56.7. The number of hydrogen-bond donors (Lipinski definition) is 1. The van der Waals surface area contributed by atoms with E-state index in [0.29, 0.717) is 72.7 Å². The van der Waals surface area contributed by atoms with Gasteiger partial charge in [-0.1, -0.05) is 168 Å². The number of rotatable bonds is 9. The van der Waals surface area contributed by atoms with Crippen molar-refractivity contribution >= 4 is 11.0 Å². The van der Waals surface area contributed by atoms with Crippen LogP contribution in [-0.4, -0.2) is 19.6 Å². The van der Waals surface area contributed by atoms with E-state index in [1.54, 1.807) is 35.9 Å². The number of hydrogen-bond acceptors (Lipinski definition) is 3. The number of fused-ring (bicyclic) bond motifs is 1. The van der Waals surface area contributed by atoms with Crippen LogP contribution in [0.5, 0.6) is 5.75 Å². The van der Waals surface area contributed by atoms with Gasteiger partial charge in [0.2, 0.25) is 0 Å². The van der Waals surface area contributed by atoms with Gasteiger partial charge in [-0.15, -0.1) is 23.8 Å². The molecule has 66 heavy (non-hydrogen) atoms. The van der Waals surface area contributed by atoms with E-state index in [9.17, 15) is 5.11 Å². The summed E-state index contributed by atoms with van der Waals surface area (Å²) in [5.41, 5.74) is 8.23. The van der Waals surface area contributed by atoms with Gasteiger partial charge < -0.3 is 5.11 Å². The third kappa shape index (κ3) is 8.84. The average molecular weight is 1060 g/mol. The summed E-state index contributed by atoms with van der Waals surface area (Å²) in [6.07, 6.45) is 1.60. The maximum atomic E-state index is 11.9. The van der Waals surface area contributed by atoms with Gasteiger partial charge in [-0.3, -0.25) is 9.55 Å². The van der Waals surface area contributed by atoms with Crippen LogP contribution in [0.25, 0.3) is 83.9 Å². The van der Waals surface area contributed by atoms with E-state index in [1.807, 2.05) is 124 Å². The van der Waals surface area contributed by atoms with E-state index >= 15 is 0 Å². The number of pyridine rings is 1. The molecule has 0 atom stereocenters. The fraction of sp³-hybridized carbons (Fsp3) is 0.213. The summed E-state index contributed by atoms with van der Waals surface area (Å²) >= 11 is 0. The van der Waals surface area contributed by atoms with Gasteiger partial charge in [0.05, 0.1) is 22.3 Å². The Morgan fingerprint density at radius 2 is 1.36 bits per heavy atom. The van der Waals surface area contributed by atoms with Crippen molar-refractivity contribution in [2.75, 3.05) is 0 Å². The van der Waals surface area contributed by atoms with Gasteiger partial charge >= 0.3 is 0 Å². The summed E-state index contributed by atoms with van der Waals surface area (Å²) in [5.74, 6) is -0.634. The smallest absolute Gasteiger partial charge is 0.148 e. The Kier molecular flexibility index (Phi) is 9.06. The molecule has 0 fully saturated rings. The predicted molar refractivity (Wildman–Crippen MR) is 273 cm³/mol. The van der Waals surface area contributed by atoms with Gasteiger partial charge in [-0.2, -0.15) is 0 Å². The quantitative estimate of drug-likeness (QED) is 0.147. The average Bonchev–Trinajstić information content (AvgIpc) is 4.00. The molecule has 1 N–H and O–H groups in total. The zero-order valence-electron chi connectivity index (χ0n) is 50.6. The maximum absolute atomic E-state index is 11.9. The van der Waals surface area contributed by atoms with Gasteiger partial charge in [0, 0.05) is 50.8 Å². The second-order valence-electron chi connectivity index (χ2n) is 17.4. The van der Waals surface area contributed by atoms with Gasteiger partial charge in [0.15, 0.2) is 0 Å². The Hall–Kier alpha value is -6.35. The number of para-hydroxylation sites is 1. The van der Waals surface area contributed by atoms with Crippen molar-refractivity contribution in [3.8, 4) is 78.6 Å². The van der Waals surface area contributed by atoms with E-state index in [1.165, 1.54) is 24.3 Å². The summed E-state index contributed by atoms with van der Waals surface area (Å²) in [4.78, 5) is 10.1. The molecule has 0 amide bonds. The summed E-state index contributed by atoms with van der Waals surface area (Å²) in [6, 6.07) is 47.1. The molecule has 334 valence electrons. The van der Waals surface area contributed by atoms with Crippen molar-refractivity contribution in [3.63, 3.8) is 0 Å². The van der Waals surface area contributed by atoms with Crippen LogP contribution >= 0.6 is 0 Å². The molecule has 0 aliphatic rings. The van der Waals surface area contributed by atoms with Crippen molar-refractivity contribution < 1.29 is 44.0 Å². The third-order valence-electron chi connectivity index (χ3n) is 12.1. The number of phenols is 1. The van der Waals surface area contributed by atoms with Crippen LogP contribution in [0.3, 0.4) is 0 Å². The molecule has 2 heterocycles. The first kappa shape index (κ1) is 32.3. The van der Waals surface area contributed by atoms with Crippen molar-refractivity contribution in [2.24, 2.45) is 0 Å². The molecule has 4 nitrogen and oxygen atoms in total. The van der Waals surface area contributed by atoms with E-state index in [0.717, 1.165) is 33.4 Å². The Morgan fingerprint density at radius 1 is 0.652 bits per heavy atom. The van der Waals surface area contributed by atoms with Crippen LogP contribution in [-0.2, 0) is 26.5 Å². The topological polar surface area (TPSA) is 50.9 Å². The summed E-state index contributed by atoms with van der Waals surface area (Å²) < 4.78 is 112. The third-order valence-corrected chi connectivity index (χ3v) is 12.1. The minimum atomic E-state index is -3.41. The Bertz CT molecular complexity index is 3700. The summed E-state index contributed by atoms with van der Waals surface area (Å²) in [5, 5.41) is 11.9. The molecule has 0 unspecified atom stereocenters. The molecule has 0 aliphatic heterocycles. The Morgan fingerprint density at radius 3 is 2.09 bits per heavy atom. The fourth-order valence-electron chi connectivity index (χ4n) is 8.87. The van der Waals surface area contributed by atoms with Gasteiger partial charge in [-0.25, -0.2) is 4.98 Å². The van der Waals surface area contributed by atoms with E-state index in [2.05, 4.69) is 19.9 Å². The minimum Gasteiger partial charge on any atom is -0.507 e. The molecule has 5 heteroatoms. The van der Waals surface area contributed by atoms with Crippen LogP contribution in [0.1, 0.15) is 111 Å². The van der Waals surface area contributed by atoms with Crippen LogP contribution in [0.15, 0.2) is 152 Å². The van der Waals surface area contributed by atoms with E-state index in [-0.39, 0.29) is 43.9 Å². The normalized spacial score (nSPS) is 15.5. The van der Waals surface area contributed by atoms with E-state index in [4.69, 9.17) is 27.8 Å². The SMILES string of the molecule is [2H]C([2H])([2H])c1cc(-c2c(C(C)C)cccc2C([2H])(C)C)ccc1-n1c(-c2cc(C)cc(C)c2O)nc2c(-c3[c-]c(-c4cc(-c5ccc(C(C([2H])([2H])[2H])(C([2H])([2H])[2H])C([2H])([2H])[2H])cc5)ccn4)cc(-c4ccccc4)c3)cccc21.[Pt]. The first-order valence-electron chi connectivity index (χ1n) is 28.2. The molecule has 7 aromatic carbocycles. The second-order valence-corrected chi connectivity index (χ2v) is 17.4. The molecular formula is C61H58N3OPt-. The molecule has 0 saturated heterocycles. The predicted octanol–water partition coefficient (Wildman–Crippen LogP) is 16.4. The number of aromatic nitrogens is 3. The number of nitrogens with zero attached hydrogens (tertiary/aromatic N) is 3. The van der Waals surface area contributed by atoms with Crippen LogP contribution in [0.4, 0.5) is 0 Å². The summed E-state index contributed by atoms with van der Waals surface area (Å²) in [6.45, 7) is -1.33. The number of aromatic hydroxyl groups is 1. The molecule has 0 spiro atoms. The van der Waals surface area contributed by atoms with Crippen LogP contribution in [0, 0.1) is 26.8 Å². The monoisotopic (exact) mass is 1060 g/mol. The van der Waals surface area contributed by atoms with Crippen molar-refractivity contribution in [3.05, 3.63) is 191 Å². The largest absolute Gasteiger partial charge is 0.507 e. The number of imidazole rings is 1. The van der Waals surface area contributed by atoms with Crippen LogP contribution < -0.4 is 0 Å². The standard InChI is InChI=1S/C61H58N3O.Pt/c1-37(2)50-18-14-19-51(38(3)4)57(50)45-24-27-55(40(6)32-45)64-56-21-15-20-52(58(56)63-60(64)53-31-39(5)30-41(7)59(53)65)47-33-46(42-16-12-11-13-17-42)34-48(35-47)54-36-44(28-29-62-54)43-22-25-49(26-23-43)61(8,9)10;/h11-34,36-38,65H,1-10H3;/q-1;/i6D3,8D3,9D3,10D3,37D;. The minimum absolute atomic E-state index is 0. The number of benzene rings is 7. The summed E-state index contributed by atoms with van der Waals surface area (Å²) in [7, 11) is 0. The van der Waals surface area contributed by atoms with Gasteiger partial charge in [-0.05, 0) is 129 Å². The Labute approximate surface area is 424 Å². The molecule has 0 saturated carbocycles. The van der Waals surface area contributed by atoms with Crippen LogP contribution in [0.2, 0.25) is 0 Å². The molecule has 9 aromatic rings. The molecule has 0 radical (unpaired) electrons. The Balaban J connectivity index is 0.00000822. The first-order chi connectivity index (χ1) is 36.4. The zero-order valence-corrected chi connectivity index (χ0v) is 39.9. The molecule has 2 aromatic heterocycles. The van der Waals surface area contributed by atoms with Crippen molar-refractivity contribution in [1.82, 2.24) is 14.5 Å².